The average molecular weight is 644 g/mol. The largest absolute Gasteiger partial charge is 0.455 e. The predicted molar refractivity (Wildman–Crippen MR) is 210 cm³/mol. The number of fused-ring (bicyclic) bond motifs is 7. The molecule has 10 aromatic rings. The van der Waals surface area contributed by atoms with Crippen LogP contribution >= 0.6 is 11.3 Å². The first-order chi connectivity index (χ1) is 24.3. The number of benzene rings is 8. The minimum atomic E-state index is 0.913. The van der Waals surface area contributed by atoms with Crippen molar-refractivity contribution in [3.05, 3.63) is 176 Å². The van der Waals surface area contributed by atoms with Crippen LogP contribution in [0.5, 0.6) is 0 Å². The Morgan fingerprint density at radius 3 is 1.82 bits per heavy atom. The van der Waals surface area contributed by atoms with Crippen LogP contribution < -0.4 is 4.90 Å². The van der Waals surface area contributed by atoms with Gasteiger partial charge < -0.3 is 9.32 Å². The summed E-state index contributed by atoms with van der Waals surface area (Å²) < 4.78 is 9.02. The van der Waals surface area contributed by atoms with E-state index in [1.165, 1.54) is 42.1 Å². The molecule has 0 aliphatic carbocycles. The highest BCUT2D eigenvalue weighted by Crippen LogP contribution is 2.43. The van der Waals surface area contributed by atoms with Crippen LogP contribution in [0.4, 0.5) is 17.1 Å². The number of para-hydroxylation sites is 2. The van der Waals surface area contributed by atoms with Crippen LogP contribution in [0, 0.1) is 0 Å². The van der Waals surface area contributed by atoms with Gasteiger partial charge in [0.1, 0.15) is 11.2 Å². The Labute approximate surface area is 287 Å². The molecule has 0 unspecified atom stereocenters. The van der Waals surface area contributed by atoms with E-state index in [1.807, 2.05) is 23.5 Å². The molecule has 0 aliphatic rings. The van der Waals surface area contributed by atoms with E-state index >= 15 is 0 Å². The van der Waals surface area contributed by atoms with Gasteiger partial charge in [0.15, 0.2) is 0 Å². The van der Waals surface area contributed by atoms with Crippen molar-refractivity contribution in [2.24, 2.45) is 0 Å². The second-order valence-corrected chi connectivity index (χ2v) is 13.6. The maximum absolute atomic E-state index is 6.38. The molecular weight excluding hydrogens is 615 g/mol. The van der Waals surface area contributed by atoms with Crippen molar-refractivity contribution in [3.63, 3.8) is 0 Å². The zero-order valence-electron chi connectivity index (χ0n) is 26.5. The highest BCUT2D eigenvalue weighted by atomic mass is 32.1. The lowest BCUT2D eigenvalue weighted by molar-refractivity contribution is 0.670. The molecule has 0 amide bonds. The lowest BCUT2D eigenvalue weighted by atomic mass is 9.99. The van der Waals surface area contributed by atoms with Crippen molar-refractivity contribution in [1.29, 1.82) is 0 Å². The van der Waals surface area contributed by atoms with Gasteiger partial charge in [0.05, 0.1) is 0 Å². The fourth-order valence-electron chi connectivity index (χ4n) is 7.33. The first-order valence-corrected chi connectivity index (χ1v) is 17.4. The van der Waals surface area contributed by atoms with E-state index in [2.05, 4.69) is 169 Å². The van der Waals surface area contributed by atoms with Gasteiger partial charge in [-0.2, -0.15) is 0 Å². The quantitative estimate of drug-likeness (QED) is 0.186. The maximum atomic E-state index is 6.38. The average Bonchev–Trinajstić information content (AvgIpc) is 3.74. The molecule has 0 radical (unpaired) electrons. The zero-order chi connectivity index (χ0) is 32.3. The predicted octanol–water partition coefficient (Wildman–Crippen LogP) is 13.9. The van der Waals surface area contributed by atoms with Crippen LogP contribution in [0.1, 0.15) is 0 Å². The monoisotopic (exact) mass is 643 g/mol. The molecule has 49 heavy (non-hydrogen) atoms. The maximum Gasteiger partial charge on any atom is 0.143 e. The first kappa shape index (κ1) is 27.9. The number of thiophene rings is 1. The van der Waals surface area contributed by atoms with Crippen LogP contribution in [0.2, 0.25) is 0 Å². The zero-order valence-corrected chi connectivity index (χ0v) is 27.3. The number of rotatable bonds is 5. The summed E-state index contributed by atoms with van der Waals surface area (Å²) in [7, 11) is 0. The Balaban J connectivity index is 1.08. The van der Waals surface area contributed by atoms with Gasteiger partial charge in [0.25, 0.3) is 0 Å². The van der Waals surface area contributed by atoms with Gasteiger partial charge in [-0.1, -0.05) is 121 Å². The molecule has 8 aromatic carbocycles. The molecule has 10 rings (SSSR count). The molecule has 0 atom stereocenters. The van der Waals surface area contributed by atoms with Crippen molar-refractivity contribution in [3.8, 4) is 22.3 Å². The Morgan fingerprint density at radius 1 is 0.408 bits per heavy atom. The highest BCUT2D eigenvalue weighted by molar-refractivity contribution is 7.25. The lowest BCUT2D eigenvalue weighted by Gasteiger charge is -2.26. The smallest absolute Gasteiger partial charge is 0.143 e. The first-order valence-electron chi connectivity index (χ1n) is 16.6. The summed E-state index contributed by atoms with van der Waals surface area (Å²) in [5.41, 5.74) is 9.85. The molecule has 0 bridgehead atoms. The molecule has 0 spiro atoms. The van der Waals surface area contributed by atoms with Gasteiger partial charge in [0.2, 0.25) is 0 Å². The summed E-state index contributed by atoms with van der Waals surface area (Å²) in [4.78, 5) is 2.35. The SMILES string of the molecule is c1ccc2cc(N(c3ccc(-c4cccc5c4oc4ccccc45)cc3)c3ccc(-c4cccc5sc6ccccc6c45)cc3)ccc2c1. The van der Waals surface area contributed by atoms with Crippen LogP contribution in [-0.2, 0) is 0 Å². The van der Waals surface area contributed by atoms with E-state index in [0.717, 1.165) is 50.1 Å². The Kier molecular flexibility index (Phi) is 6.39. The molecule has 0 saturated carbocycles. The van der Waals surface area contributed by atoms with Gasteiger partial charge in [-0.15, -0.1) is 11.3 Å². The van der Waals surface area contributed by atoms with Gasteiger partial charge >= 0.3 is 0 Å². The Hall–Kier alpha value is -6.16. The second kappa shape index (κ2) is 11.2. The number of hydrogen-bond acceptors (Lipinski definition) is 3. The van der Waals surface area contributed by atoms with Gasteiger partial charge in [0, 0.05) is 53.6 Å². The molecule has 0 N–H and O–H groups in total. The number of hydrogen-bond donors (Lipinski definition) is 0. The van der Waals surface area contributed by atoms with Gasteiger partial charge in [-0.25, -0.2) is 0 Å². The Bertz CT molecular complexity index is 2820. The van der Waals surface area contributed by atoms with Crippen molar-refractivity contribution in [2.45, 2.75) is 0 Å². The third kappa shape index (κ3) is 4.62. The molecular formula is C46H29NOS. The van der Waals surface area contributed by atoms with Crippen LogP contribution in [-0.4, -0.2) is 0 Å². The summed E-state index contributed by atoms with van der Waals surface area (Å²) in [5, 5.41) is 7.37. The lowest BCUT2D eigenvalue weighted by Crippen LogP contribution is -2.09. The molecule has 2 heterocycles. The normalized spacial score (nSPS) is 11.7. The van der Waals surface area contributed by atoms with E-state index in [-0.39, 0.29) is 0 Å². The minimum absolute atomic E-state index is 0.913. The topological polar surface area (TPSA) is 16.4 Å². The summed E-state index contributed by atoms with van der Waals surface area (Å²) in [5.74, 6) is 0. The standard InChI is InChI=1S/C46H29NOS/c1-2-10-33-29-36(28-19-30(33)9-1)47(34-24-20-31(21-25-34)37-13-8-18-44-45(37)41-12-4-6-17-43(41)49-44)35-26-22-32(23-27-35)38-14-7-15-40-39-11-3-5-16-42(39)48-46(38)40/h1-29H. The highest BCUT2D eigenvalue weighted by Gasteiger charge is 2.17. The molecule has 230 valence electrons. The van der Waals surface area contributed by atoms with Crippen LogP contribution in [0.3, 0.4) is 0 Å². The van der Waals surface area contributed by atoms with Crippen molar-refractivity contribution in [2.75, 3.05) is 4.90 Å². The molecule has 0 aliphatic heterocycles. The summed E-state index contributed by atoms with van der Waals surface area (Å²) in [6.07, 6.45) is 0. The minimum Gasteiger partial charge on any atom is -0.455 e. The third-order valence-corrected chi connectivity index (χ3v) is 10.8. The fraction of sp³-hybridized carbons (Fsp3) is 0. The van der Waals surface area contributed by atoms with Gasteiger partial charge in [-0.3, -0.25) is 0 Å². The third-order valence-electron chi connectivity index (χ3n) is 9.67. The van der Waals surface area contributed by atoms with E-state index < -0.39 is 0 Å². The van der Waals surface area contributed by atoms with Crippen molar-refractivity contribution < 1.29 is 4.42 Å². The number of nitrogens with zero attached hydrogens (tertiary/aromatic N) is 1. The van der Waals surface area contributed by atoms with Crippen LogP contribution in [0.15, 0.2) is 180 Å². The van der Waals surface area contributed by atoms with Gasteiger partial charge in [-0.05, 0) is 82.1 Å². The summed E-state index contributed by atoms with van der Waals surface area (Å²) in [6.45, 7) is 0. The molecule has 0 fully saturated rings. The van der Waals surface area contributed by atoms with E-state index in [1.54, 1.807) is 0 Å². The second-order valence-electron chi connectivity index (χ2n) is 12.5. The summed E-state index contributed by atoms with van der Waals surface area (Å²) >= 11 is 1.86. The Morgan fingerprint density at radius 2 is 1.00 bits per heavy atom. The van der Waals surface area contributed by atoms with E-state index in [4.69, 9.17) is 4.42 Å². The number of anilines is 3. The molecule has 0 saturated heterocycles. The van der Waals surface area contributed by atoms with Crippen molar-refractivity contribution in [1.82, 2.24) is 0 Å². The van der Waals surface area contributed by atoms with E-state index in [9.17, 15) is 0 Å². The van der Waals surface area contributed by atoms with Crippen molar-refractivity contribution >= 4 is 81.3 Å². The van der Waals surface area contributed by atoms with E-state index in [0.29, 0.717) is 0 Å². The fourth-order valence-corrected chi connectivity index (χ4v) is 8.47. The molecule has 3 heteroatoms. The molecule has 2 aromatic heterocycles. The van der Waals surface area contributed by atoms with Crippen LogP contribution in [0.25, 0.3) is 75.1 Å². The summed E-state index contributed by atoms with van der Waals surface area (Å²) in [6, 6.07) is 63.2. The number of furan rings is 1. The molecule has 2 nitrogen and oxygen atoms in total.